The molecule has 0 atom stereocenters. The first kappa shape index (κ1) is 6.03. The Labute approximate surface area is 63.5 Å². The highest BCUT2D eigenvalue weighted by molar-refractivity contribution is 5.18. The maximum atomic E-state index is 4.06. The molecule has 11 heavy (non-hydrogen) atoms. The molecule has 0 bridgehead atoms. The Morgan fingerprint density at radius 3 is 3.00 bits per heavy atom. The molecule has 53 valence electrons. The second kappa shape index (κ2) is 2.49. The first-order valence-electron chi connectivity index (χ1n) is 3.16. The van der Waals surface area contributed by atoms with Crippen molar-refractivity contribution in [2.75, 3.05) is 0 Å². The molecule has 0 amide bonds. The Bertz CT molecular complexity index is 313. The van der Waals surface area contributed by atoms with E-state index in [4.69, 9.17) is 0 Å². The van der Waals surface area contributed by atoms with Gasteiger partial charge in [-0.2, -0.15) is 0 Å². The third-order valence-electron chi connectivity index (χ3n) is 1.26. The molecule has 0 aromatic carbocycles. The van der Waals surface area contributed by atoms with Gasteiger partial charge in [0.1, 0.15) is 6.33 Å². The predicted octanol–water partition coefficient (Wildman–Crippen LogP) is 0.462. The first-order chi connectivity index (χ1) is 5.47. The van der Waals surface area contributed by atoms with E-state index in [0.717, 1.165) is 5.82 Å². The monoisotopic (exact) mass is 145 g/mol. The van der Waals surface area contributed by atoms with Crippen LogP contribution in [0.2, 0.25) is 0 Å². The fourth-order valence-electron chi connectivity index (χ4n) is 0.780. The van der Waals surface area contributed by atoms with Crippen LogP contribution in [-0.4, -0.2) is 19.7 Å². The number of nitrogens with zero attached hydrogens (tertiary/aromatic N) is 4. The fourth-order valence-corrected chi connectivity index (χ4v) is 0.780. The molecule has 0 unspecified atom stereocenters. The molecular formula is C7H5N4. The van der Waals surface area contributed by atoms with Crippen LogP contribution in [0.4, 0.5) is 0 Å². The van der Waals surface area contributed by atoms with Gasteiger partial charge in [0, 0.05) is 6.20 Å². The molecule has 2 heterocycles. The molecular weight excluding hydrogens is 140 g/mol. The lowest BCUT2D eigenvalue weighted by atomic mass is 10.5. The van der Waals surface area contributed by atoms with E-state index in [1.165, 1.54) is 0 Å². The van der Waals surface area contributed by atoms with E-state index in [1.54, 1.807) is 17.2 Å². The van der Waals surface area contributed by atoms with Crippen molar-refractivity contribution in [1.29, 1.82) is 0 Å². The highest BCUT2D eigenvalue weighted by atomic mass is 15.3. The van der Waals surface area contributed by atoms with E-state index in [0.29, 0.717) is 0 Å². The molecule has 0 aliphatic carbocycles. The minimum absolute atomic E-state index is 0.751. The zero-order valence-corrected chi connectivity index (χ0v) is 5.68. The molecule has 0 saturated heterocycles. The van der Waals surface area contributed by atoms with Gasteiger partial charge in [-0.05, 0) is 12.1 Å². The van der Waals surface area contributed by atoms with Crippen LogP contribution < -0.4 is 0 Å². The Balaban J connectivity index is 2.46. The van der Waals surface area contributed by atoms with Gasteiger partial charge >= 0.3 is 0 Å². The lowest BCUT2D eigenvalue weighted by Crippen LogP contribution is -1.95. The molecule has 2 rings (SSSR count). The summed E-state index contributed by atoms with van der Waals surface area (Å²) in [4.78, 5) is 7.75. The number of hydrogen-bond acceptors (Lipinski definition) is 3. The van der Waals surface area contributed by atoms with E-state index in [2.05, 4.69) is 21.4 Å². The summed E-state index contributed by atoms with van der Waals surface area (Å²) >= 11 is 0. The normalized spacial score (nSPS) is 9.82. The predicted molar refractivity (Wildman–Crippen MR) is 38.0 cm³/mol. The molecule has 1 radical (unpaired) electrons. The van der Waals surface area contributed by atoms with Gasteiger partial charge in [-0.15, -0.1) is 5.10 Å². The molecule has 2 aromatic heterocycles. The third-order valence-corrected chi connectivity index (χ3v) is 1.26. The summed E-state index contributed by atoms with van der Waals surface area (Å²) in [6.07, 6.45) is 5.71. The topological polar surface area (TPSA) is 43.6 Å². The van der Waals surface area contributed by atoms with E-state index in [-0.39, 0.29) is 0 Å². The van der Waals surface area contributed by atoms with Gasteiger partial charge in [-0.25, -0.2) is 14.6 Å². The van der Waals surface area contributed by atoms with Crippen LogP contribution in [0.15, 0.2) is 30.7 Å². The van der Waals surface area contributed by atoms with E-state index in [1.807, 2.05) is 18.2 Å². The van der Waals surface area contributed by atoms with Gasteiger partial charge in [0.2, 0.25) is 6.33 Å². The Morgan fingerprint density at radius 1 is 1.36 bits per heavy atom. The van der Waals surface area contributed by atoms with Crippen LogP contribution >= 0.6 is 0 Å². The molecule has 0 N–H and O–H groups in total. The summed E-state index contributed by atoms with van der Waals surface area (Å²) in [5.74, 6) is 0.751. The van der Waals surface area contributed by atoms with Gasteiger partial charge in [0.05, 0.1) is 0 Å². The number of aromatic nitrogens is 4. The second-order valence-electron chi connectivity index (χ2n) is 1.98. The van der Waals surface area contributed by atoms with Crippen molar-refractivity contribution >= 4 is 0 Å². The van der Waals surface area contributed by atoms with Crippen molar-refractivity contribution < 1.29 is 0 Å². The zero-order chi connectivity index (χ0) is 7.52. The Kier molecular flexibility index (Phi) is 1.37. The van der Waals surface area contributed by atoms with Crippen LogP contribution in [0.25, 0.3) is 5.82 Å². The standard InChI is InChI=1S/C7H5N4/c1-2-4-9-7(3-1)11-6-8-5-10-11/h1-4,6H. The van der Waals surface area contributed by atoms with Gasteiger partial charge < -0.3 is 0 Å². The summed E-state index contributed by atoms with van der Waals surface area (Å²) in [7, 11) is 0. The van der Waals surface area contributed by atoms with Crippen LogP contribution in [0.3, 0.4) is 0 Å². The zero-order valence-electron chi connectivity index (χ0n) is 5.68. The van der Waals surface area contributed by atoms with Crippen LogP contribution in [-0.2, 0) is 0 Å². The Morgan fingerprint density at radius 2 is 2.36 bits per heavy atom. The Hall–Kier alpha value is -1.71. The third kappa shape index (κ3) is 1.10. The highest BCUT2D eigenvalue weighted by Gasteiger charge is 1.93. The van der Waals surface area contributed by atoms with E-state index >= 15 is 0 Å². The fraction of sp³-hybridized carbons (Fsp3) is 0. The molecule has 0 aliphatic rings. The molecule has 0 spiro atoms. The molecule has 4 heteroatoms. The number of pyridine rings is 1. The van der Waals surface area contributed by atoms with Crippen molar-refractivity contribution in [2.45, 2.75) is 0 Å². The van der Waals surface area contributed by atoms with E-state index in [9.17, 15) is 0 Å². The smallest absolute Gasteiger partial charge is 0.221 e. The summed E-state index contributed by atoms with van der Waals surface area (Å²) in [5.41, 5.74) is 0. The average Bonchev–Trinajstić information content (AvgIpc) is 2.58. The summed E-state index contributed by atoms with van der Waals surface area (Å²) in [5, 5.41) is 3.80. The van der Waals surface area contributed by atoms with Gasteiger partial charge in [0.25, 0.3) is 0 Å². The van der Waals surface area contributed by atoms with E-state index < -0.39 is 0 Å². The summed E-state index contributed by atoms with van der Waals surface area (Å²) < 4.78 is 1.56. The summed E-state index contributed by atoms with van der Waals surface area (Å²) in [6, 6.07) is 5.59. The second-order valence-corrected chi connectivity index (χ2v) is 1.98. The minimum atomic E-state index is 0.751. The van der Waals surface area contributed by atoms with Crippen LogP contribution in [0.1, 0.15) is 0 Å². The maximum Gasteiger partial charge on any atom is 0.221 e. The molecule has 4 nitrogen and oxygen atoms in total. The van der Waals surface area contributed by atoms with Gasteiger partial charge in [0.15, 0.2) is 5.82 Å². The molecule has 0 fully saturated rings. The number of hydrogen-bond donors (Lipinski definition) is 0. The minimum Gasteiger partial charge on any atom is -0.237 e. The lowest BCUT2D eigenvalue weighted by molar-refractivity contribution is 0.843. The van der Waals surface area contributed by atoms with Crippen molar-refractivity contribution in [2.24, 2.45) is 0 Å². The van der Waals surface area contributed by atoms with Crippen LogP contribution in [0.5, 0.6) is 0 Å². The van der Waals surface area contributed by atoms with Crippen molar-refractivity contribution in [3.8, 4) is 5.82 Å². The van der Waals surface area contributed by atoms with Crippen molar-refractivity contribution in [3.05, 3.63) is 37.1 Å². The molecule has 0 aliphatic heterocycles. The van der Waals surface area contributed by atoms with Crippen molar-refractivity contribution in [1.82, 2.24) is 19.7 Å². The molecule has 2 aromatic rings. The van der Waals surface area contributed by atoms with Gasteiger partial charge in [-0.3, -0.25) is 0 Å². The average molecular weight is 145 g/mol. The van der Waals surface area contributed by atoms with Crippen molar-refractivity contribution in [3.63, 3.8) is 0 Å². The first-order valence-corrected chi connectivity index (χ1v) is 3.16. The maximum absolute atomic E-state index is 4.06. The lowest BCUT2D eigenvalue weighted by Gasteiger charge is -1.94. The van der Waals surface area contributed by atoms with Gasteiger partial charge in [-0.1, -0.05) is 6.07 Å². The van der Waals surface area contributed by atoms with Crippen LogP contribution in [0, 0.1) is 6.33 Å². The highest BCUT2D eigenvalue weighted by Crippen LogP contribution is 1.97. The largest absolute Gasteiger partial charge is 0.237 e. The molecule has 0 saturated carbocycles. The summed E-state index contributed by atoms with van der Waals surface area (Å²) in [6.45, 7) is 0. The quantitative estimate of drug-likeness (QED) is 0.585. The SMILES string of the molecule is [c]1ncn(-c2ccccn2)n1. The number of rotatable bonds is 1.